The zero-order valence-electron chi connectivity index (χ0n) is 17.2. The highest BCUT2D eigenvalue weighted by Crippen LogP contribution is 2.33. The zero-order valence-corrected chi connectivity index (χ0v) is 18.0. The molecule has 0 aliphatic rings. The van der Waals surface area contributed by atoms with Crippen molar-refractivity contribution in [1.29, 1.82) is 0 Å². The molecule has 1 aromatic heterocycles. The molecule has 3 aromatic rings. The lowest BCUT2D eigenvalue weighted by atomic mass is 10.2. The van der Waals surface area contributed by atoms with Crippen molar-refractivity contribution in [3.63, 3.8) is 0 Å². The van der Waals surface area contributed by atoms with Crippen molar-refractivity contribution in [2.45, 2.75) is 33.2 Å². The smallest absolute Gasteiger partial charge is 0.279 e. The summed E-state index contributed by atoms with van der Waals surface area (Å²) in [6, 6.07) is 11.0. The fourth-order valence-electron chi connectivity index (χ4n) is 2.99. The second kappa shape index (κ2) is 9.60. The number of hydrogen-bond acceptors (Lipinski definition) is 5. The van der Waals surface area contributed by atoms with Crippen molar-refractivity contribution in [3.8, 4) is 17.2 Å². The number of rotatable bonds is 8. The van der Waals surface area contributed by atoms with Gasteiger partial charge in [-0.25, -0.2) is 0 Å². The fraction of sp³-hybridized carbons (Fsp3) is 0.364. The van der Waals surface area contributed by atoms with Crippen molar-refractivity contribution in [2.75, 3.05) is 20.8 Å². The Kier molecular flexibility index (Phi) is 6.93. The Morgan fingerprint density at radius 3 is 2.55 bits per heavy atom. The number of carbonyl (C=O) groups excluding carboxylic acids is 1. The van der Waals surface area contributed by atoms with E-state index in [4.69, 9.17) is 14.2 Å². The SMILES string of the molecule is CCCCOc1cccc(C(=O)N=c2sc3cc(OC)c(OC)cc3n2CC)c1. The lowest BCUT2D eigenvalue weighted by Gasteiger charge is -2.08. The van der Waals surface area contributed by atoms with Gasteiger partial charge in [-0.3, -0.25) is 4.79 Å². The first-order valence-corrected chi connectivity index (χ1v) is 10.5. The molecule has 7 heteroatoms. The van der Waals surface area contributed by atoms with Gasteiger partial charge < -0.3 is 18.8 Å². The highest BCUT2D eigenvalue weighted by Gasteiger charge is 2.13. The number of aryl methyl sites for hydroxylation is 1. The average molecular weight is 415 g/mol. The molecule has 154 valence electrons. The Morgan fingerprint density at radius 2 is 1.86 bits per heavy atom. The van der Waals surface area contributed by atoms with E-state index < -0.39 is 0 Å². The molecule has 0 bridgehead atoms. The largest absolute Gasteiger partial charge is 0.494 e. The van der Waals surface area contributed by atoms with Crippen LogP contribution in [-0.4, -0.2) is 31.3 Å². The van der Waals surface area contributed by atoms with Crippen LogP contribution in [0.15, 0.2) is 41.4 Å². The van der Waals surface area contributed by atoms with Crippen molar-refractivity contribution in [1.82, 2.24) is 4.57 Å². The number of aromatic nitrogens is 1. The Morgan fingerprint density at radius 1 is 1.10 bits per heavy atom. The van der Waals surface area contributed by atoms with Crippen LogP contribution in [0.1, 0.15) is 37.0 Å². The molecule has 0 aliphatic heterocycles. The normalized spacial score (nSPS) is 11.7. The maximum Gasteiger partial charge on any atom is 0.279 e. The van der Waals surface area contributed by atoms with Gasteiger partial charge in [0.15, 0.2) is 16.3 Å². The molecular weight excluding hydrogens is 388 g/mol. The highest BCUT2D eigenvalue weighted by atomic mass is 32.1. The van der Waals surface area contributed by atoms with Crippen LogP contribution in [0.25, 0.3) is 10.2 Å². The fourth-order valence-corrected chi connectivity index (χ4v) is 4.09. The first-order valence-electron chi connectivity index (χ1n) is 9.68. The molecule has 1 amide bonds. The Labute approximate surface area is 174 Å². The van der Waals surface area contributed by atoms with Crippen molar-refractivity contribution in [2.24, 2.45) is 4.99 Å². The summed E-state index contributed by atoms with van der Waals surface area (Å²) in [6.07, 6.45) is 2.04. The number of unbranched alkanes of at least 4 members (excludes halogenated alkanes) is 1. The summed E-state index contributed by atoms with van der Waals surface area (Å²) in [5, 5.41) is 0. The highest BCUT2D eigenvalue weighted by molar-refractivity contribution is 7.16. The molecule has 0 radical (unpaired) electrons. The molecule has 0 aliphatic carbocycles. The number of benzene rings is 2. The molecule has 0 fully saturated rings. The van der Waals surface area contributed by atoms with E-state index in [1.54, 1.807) is 26.4 Å². The predicted octanol–water partition coefficient (Wildman–Crippen LogP) is 4.66. The number of thiazole rings is 1. The van der Waals surface area contributed by atoms with E-state index in [0.29, 0.717) is 40.8 Å². The third kappa shape index (κ3) is 4.62. The summed E-state index contributed by atoms with van der Waals surface area (Å²) in [7, 11) is 3.21. The van der Waals surface area contributed by atoms with Crippen LogP contribution in [0.2, 0.25) is 0 Å². The van der Waals surface area contributed by atoms with Crippen LogP contribution in [0.5, 0.6) is 17.2 Å². The molecule has 0 N–H and O–H groups in total. The summed E-state index contributed by atoms with van der Waals surface area (Å²) < 4.78 is 19.5. The summed E-state index contributed by atoms with van der Waals surface area (Å²) in [6.45, 7) is 5.46. The molecule has 2 aromatic carbocycles. The number of amides is 1. The number of methoxy groups -OCH3 is 2. The van der Waals surface area contributed by atoms with Crippen LogP contribution in [0.3, 0.4) is 0 Å². The lowest BCUT2D eigenvalue weighted by molar-refractivity contribution is 0.0997. The van der Waals surface area contributed by atoms with Gasteiger partial charge in [0.2, 0.25) is 0 Å². The molecule has 6 nitrogen and oxygen atoms in total. The number of ether oxygens (including phenoxy) is 3. The second-order valence-electron chi connectivity index (χ2n) is 6.45. The molecule has 3 rings (SSSR count). The minimum absolute atomic E-state index is 0.293. The third-order valence-electron chi connectivity index (χ3n) is 4.55. The van der Waals surface area contributed by atoms with Crippen LogP contribution < -0.4 is 19.0 Å². The van der Waals surface area contributed by atoms with Crippen LogP contribution in [0.4, 0.5) is 0 Å². The van der Waals surface area contributed by atoms with Gasteiger partial charge in [0.1, 0.15) is 5.75 Å². The van der Waals surface area contributed by atoms with Gasteiger partial charge in [-0.15, -0.1) is 0 Å². The van der Waals surface area contributed by atoms with E-state index in [-0.39, 0.29) is 5.91 Å². The quantitative estimate of drug-likeness (QED) is 0.503. The Bertz CT molecular complexity index is 1070. The topological polar surface area (TPSA) is 62.1 Å². The average Bonchev–Trinajstić information content (AvgIpc) is 3.08. The minimum Gasteiger partial charge on any atom is -0.494 e. The summed E-state index contributed by atoms with van der Waals surface area (Å²) in [4.78, 5) is 17.8. The first kappa shape index (κ1) is 20.9. The zero-order chi connectivity index (χ0) is 20.8. The summed E-state index contributed by atoms with van der Waals surface area (Å²) >= 11 is 1.45. The number of nitrogens with zero attached hydrogens (tertiary/aromatic N) is 2. The van der Waals surface area contributed by atoms with E-state index in [9.17, 15) is 4.79 Å². The summed E-state index contributed by atoms with van der Waals surface area (Å²) in [5.74, 6) is 1.70. The number of carbonyl (C=O) groups is 1. The first-order chi connectivity index (χ1) is 14.1. The van der Waals surface area contributed by atoms with Gasteiger partial charge >= 0.3 is 0 Å². The maximum atomic E-state index is 12.8. The predicted molar refractivity (Wildman–Crippen MR) is 115 cm³/mol. The van der Waals surface area contributed by atoms with Crippen LogP contribution in [-0.2, 0) is 6.54 Å². The molecule has 1 heterocycles. The van der Waals surface area contributed by atoms with Gasteiger partial charge in [-0.1, -0.05) is 30.7 Å². The summed E-state index contributed by atoms with van der Waals surface area (Å²) in [5.41, 5.74) is 1.47. The second-order valence-corrected chi connectivity index (χ2v) is 7.46. The van der Waals surface area contributed by atoms with Gasteiger partial charge in [-0.05, 0) is 31.5 Å². The van der Waals surface area contributed by atoms with Crippen molar-refractivity contribution >= 4 is 27.5 Å². The van der Waals surface area contributed by atoms with Gasteiger partial charge in [0, 0.05) is 24.2 Å². The lowest BCUT2D eigenvalue weighted by Crippen LogP contribution is -2.16. The van der Waals surface area contributed by atoms with Gasteiger partial charge in [-0.2, -0.15) is 4.99 Å². The Balaban J connectivity index is 1.99. The standard InChI is InChI=1S/C22H26N2O4S/c1-5-7-11-28-16-10-8-9-15(12-16)21(25)23-22-24(6-2)17-13-18(26-3)19(27-4)14-20(17)29-22/h8-10,12-14H,5-7,11H2,1-4H3. The van der Waals surface area contributed by atoms with Gasteiger partial charge in [0.05, 0.1) is 31.0 Å². The molecule has 29 heavy (non-hydrogen) atoms. The molecular formula is C22H26N2O4S. The van der Waals surface area contributed by atoms with E-state index in [2.05, 4.69) is 11.9 Å². The van der Waals surface area contributed by atoms with E-state index in [1.807, 2.05) is 35.8 Å². The van der Waals surface area contributed by atoms with E-state index in [0.717, 1.165) is 23.1 Å². The maximum absolute atomic E-state index is 12.8. The monoisotopic (exact) mass is 414 g/mol. The minimum atomic E-state index is -0.293. The van der Waals surface area contributed by atoms with Crippen LogP contribution >= 0.6 is 11.3 Å². The Hall–Kier alpha value is -2.80. The van der Waals surface area contributed by atoms with Crippen molar-refractivity contribution in [3.05, 3.63) is 46.8 Å². The van der Waals surface area contributed by atoms with Gasteiger partial charge in [0.25, 0.3) is 5.91 Å². The molecule has 0 unspecified atom stereocenters. The van der Waals surface area contributed by atoms with Crippen molar-refractivity contribution < 1.29 is 19.0 Å². The molecule has 0 spiro atoms. The van der Waals surface area contributed by atoms with Crippen LogP contribution in [0, 0.1) is 0 Å². The van der Waals surface area contributed by atoms with E-state index >= 15 is 0 Å². The molecule has 0 atom stereocenters. The third-order valence-corrected chi connectivity index (χ3v) is 5.59. The van der Waals surface area contributed by atoms with E-state index in [1.165, 1.54) is 11.3 Å². The number of hydrogen-bond donors (Lipinski definition) is 0. The number of fused-ring (bicyclic) bond motifs is 1. The molecule has 0 saturated heterocycles. The molecule has 0 saturated carbocycles.